The van der Waals surface area contributed by atoms with E-state index in [1.807, 2.05) is 6.20 Å². The topological polar surface area (TPSA) is 42.1 Å². The molecule has 0 amide bonds. The third-order valence-corrected chi connectivity index (χ3v) is 2.55. The molecule has 3 nitrogen and oxygen atoms in total. The van der Waals surface area contributed by atoms with Gasteiger partial charge in [0.05, 0.1) is 0 Å². The van der Waals surface area contributed by atoms with Crippen LogP contribution in [0, 0.1) is 6.92 Å². The van der Waals surface area contributed by atoms with E-state index in [4.69, 9.17) is 5.73 Å². The number of pyridine rings is 1. The summed E-state index contributed by atoms with van der Waals surface area (Å²) >= 11 is 0. The molecule has 0 bridgehead atoms. The van der Waals surface area contributed by atoms with Crippen LogP contribution in [0.5, 0.6) is 0 Å². The summed E-state index contributed by atoms with van der Waals surface area (Å²) in [5, 5.41) is 0. The van der Waals surface area contributed by atoms with E-state index < -0.39 is 0 Å². The zero-order valence-corrected chi connectivity index (χ0v) is 8.61. The minimum absolute atomic E-state index is 0.689. The first-order valence-electron chi connectivity index (χ1n) is 5.20. The van der Waals surface area contributed by atoms with Crippen LogP contribution in [0.4, 0.5) is 5.82 Å². The Morgan fingerprint density at radius 3 is 2.79 bits per heavy atom. The molecule has 76 valence electrons. The van der Waals surface area contributed by atoms with Crippen LogP contribution in [0.3, 0.4) is 0 Å². The molecule has 14 heavy (non-hydrogen) atoms. The zero-order chi connectivity index (χ0) is 9.97. The van der Waals surface area contributed by atoms with Gasteiger partial charge in [0, 0.05) is 25.3 Å². The van der Waals surface area contributed by atoms with Gasteiger partial charge < -0.3 is 10.6 Å². The summed E-state index contributed by atoms with van der Waals surface area (Å²) in [6, 6.07) is 4.88. The summed E-state index contributed by atoms with van der Waals surface area (Å²) in [6.07, 6.45) is 4.49. The highest BCUT2D eigenvalue weighted by molar-refractivity contribution is 5.42. The number of aromatic nitrogens is 1. The Balaban J connectivity index is 2.13. The van der Waals surface area contributed by atoms with Crippen LogP contribution in [-0.2, 0) is 0 Å². The Hall–Kier alpha value is -1.09. The summed E-state index contributed by atoms with van der Waals surface area (Å²) in [6.45, 7) is 3.67. The van der Waals surface area contributed by atoms with Gasteiger partial charge in [0.1, 0.15) is 5.82 Å². The molecule has 1 aliphatic carbocycles. The van der Waals surface area contributed by atoms with Crippen molar-refractivity contribution in [2.75, 3.05) is 18.0 Å². The average Bonchev–Trinajstić information content (AvgIpc) is 2.99. The van der Waals surface area contributed by atoms with Gasteiger partial charge in [0.25, 0.3) is 0 Å². The lowest BCUT2D eigenvalue weighted by Crippen LogP contribution is -2.32. The molecule has 0 aliphatic heterocycles. The maximum absolute atomic E-state index is 5.59. The van der Waals surface area contributed by atoms with Crippen molar-refractivity contribution in [1.29, 1.82) is 0 Å². The molecular weight excluding hydrogens is 174 g/mol. The van der Waals surface area contributed by atoms with E-state index in [1.165, 1.54) is 18.4 Å². The van der Waals surface area contributed by atoms with E-state index in [0.29, 0.717) is 12.6 Å². The predicted molar refractivity (Wildman–Crippen MR) is 58.4 cm³/mol. The molecule has 0 spiro atoms. The van der Waals surface area contributed by atoms with E-state index >= 15 is 0 Å². The Bertz CT molecular complexity index is 290. The third-order valence-electron chi connectivity index (χ3n) is 2.55. The van der Waals surface area contributed by atoms with Crippen LogP contribution in [0.15, 0.2) is 18.3 Å². The molecule has 1 aliphatic rings. The molecule has 1 saturated carbocycles. The molecule has 0 saturated heterocycles. The summed E-state index contributed by atoms with van der Waals surface area (Å²) in [5.41, 5.74) is 6.80. The number of nitrogens with two attached hydrogens (primary N) is 1. The molecule has 1 aromatic rings. The van der Waals surface area contributed by atoms with Gasteiger partial charge in [-0.15, -0.1) is 0 Å². The molecule has 2 N–H and O–H groups in total. The normalized spacial score (nSPS) is 15.6. The maximum atomic E-state index is 5.59. The van der Waals surface area contributed by atoms with E-state index in [-0.39, 0.29) is 0 Å². The van der Waals surface area contributed by atoms with Gasteiger partial charge in [-0.1, -0.05) is 6.07 Å². The zero-order valence-electron chi connectivity index (χ0n) is 8.61. The highest BCUT2D eigenvalue weighted by Gasteiger charge is 2.29. The number of rotatable bonds is 4. The van der Waals surface area contributed by atoms with Crippen molar-refractivity contribution < 1.29 is 0 Å². The second-order valence-corrected chi connectivity index (χ2v) is 3.91. The molecule has 1 aromatic heterocycles. The summed E-state index contributed by atoms with van der Waals surface area (Å²) in [7, 11) is 0. The second kappa shape index (κ2) is 3.96. The standard InChI is InChI=1S/C11H17N3/c1-9-2-5-11(13-8-9)14(7-6-12)10-3-4-10/h2,5,8,10H,3-4,6-7,12H2,1H3. The molecule has 0 aromatic carbocycles. The largest absolute Gasteiger partial charge is 0.352 e. The summed E-state index contributed by atoms with van der Waals surface area (Å²) in [4.78, 5) is 6.75. The molecule has 0 radical (unpaired) electrons. The number of anilines is 1. The number of nitrogens with zero attached hydrogens (tertiary/aromatic N) is 2. The Labute approximate surface area is 84.9 Å². The lowest BCUT2D eigenvalue weighted by molar-refractivity contribution is 0.771. The average molecular weight is 191 g/mol. The van der Waals surface area contributed by atoms with Gasteiger partial charge >= 0.3 is 0 Å². The van der Waals surface area contributed by atoms with Crippen LogP contribution < -0.4 is 10.6 Å². The van der Waals surface area contributed by atoms with E-state index in [2.05, 4.69) is 28.9 Å². The lowest BCUT2D eigenvalue weighted by atomic mass is 10.3. The Kier molecular flexibility index (Phi) is 2.68. The first kappa shape index (κ1) is 9.46. The quantitative estimate of drug-likeness (QED) is 0.780. The minimum atomic E-state index is 0.689. The van der Waals surface area contributed by atoms with Crippen LogP contribution in [0.25, 0.3) is 0 Å². The smallest absolute Gasteiger partial charge is 0.128 e. The van der Waals surface area contributed by atoms with Crippen LogP contribution >= 0.6 is 0 Å². The van der Waals surface area contributed by atoms with Crippen molar-refractivity contribution in [2.24, 2.45) is 5.73 Å². The second-order valence-electron chi connectivity index (χ2n) is 3.91. The first-order chi connectivity index (χ1) is 6.81. The van der Waals surface area contributed by atoms with E-state index in [9.17, 15) is 0 Å². The fraction of sp³-hybridized carbons (Fsp3) is 0.545. The highest BCUT2D eigenvalue weighted by atomic mass is 15.2. The molecule has 1 heterocycles. The molecule has 1 fully saturated rings. The lowest BCUT2D eigenvalue weighted by Gasteiger charge is -2.22. The van der Waals surface area contributed by atoms with Crippen molar-refractivity contribution in [2.45, 2.75) is 25.8 Å². The van der Waals surface area contributed by atoms with E-state index in [0.717, 1.165) is 12.4 Å². The van der Waals surface area contributed by atoms with Crippen LogP contribution in [-0.4, -0.2) is 24.1 Å². The Morgan fingerprint density at radius 2 is 2.29 bits per heavy atom. The molecular formula is C11H17N3. The number of aryl methyl sites for hydroxylation is 1. The van der Waals surface area contributed by atoms with E-state index in [1.54, 1.807) is 0 Å². The van der Waals surface area contributed by atoms with Crippen LogP contribution in [0.1, 0.15) is 18.4 Å². The molecule has 0 unspecified atom stereocenters. The van der Waals surface area contributed by atoms with Crippen molar-refractivity contribution in [1.82, 2.24) is 4.98 Å². The first-order valence-corrected chi connectivity index (χ1v) is 5.20. The van der Waals surface area contributed by atoms with Gasteiger partial charge in [-0.25, -0.2) is 4.98 Å². The van der Waals surface area contributed by atoms with Gasteiger partial charge in [-0.2, -0.15) is 0 Å². The molecule has 0 atom stereocenters. The third kappa shape index (κ3) is 2.04. The van der Waals surface area contributed by atoms with Gasteiger partial charge in [-0.3, -0.25) is 0 Å². The Morgan fingerprint density at radius 1 is 1.50 bits per heavy atom. The summed E-state index contributed by atoms with van der Waals surface area (Å²) in [5.74, 6) is 1.07. The fourth-order valence-electron chi connectivity index (χ4n) is 1.64. The SMILES string of the molecule is Cc1ccc(N(CCN)C2CC2)nc1. The molecule has 2 rings (SSSR count). The van der Waals surface area contributed by atoms with Crippen LogP contribution in [0.2, 0.25) is 0 Å². The van der Waals surface area contributed by atoms with Gasteiger partial charge in [-0.05, 0) is 31.4 Å². The highest BCUT2D eigenvalue weighted by Crippen LogP contribution is 2.29. The minimum Gasteiger partial charge on any atom is -0.352 e. The number of hydrogen-bond acceptors (Lipinski definition) is 3. The summed E-state index contributed by atoms with van der Waals surface area (Å²) < 4.78 is 0. The molecule has 3 heteroatoms. The van der Waals surface area contributed by atoms with Crippen molar-refractivity contribution in [3.63, 3.8) is 0 Å². The van der Waals surface area contributed by atoms with Crippen molar-refractivity contribution in [3.8, 4) is 0 Å². The van der Waals surface area contributed by atoms with Gasteiger partial charge in [0.15, 0.2) is 0 Å². The number of hydrogen-bond donors (Lipinski definition) is 1. The fourth-order valence-corrected chi connectivity index (χ4v) is 1.64. The van der Waals surface area contributed by atoms with Crippen molar-refractivity contribution >= 4 is 5.82 Å². The van der Waals surface area contributed by atoms with Crippen molar-refractivity contribution in [3.05, 3.63) is 23.9 Å². The monoisotopic (exact) mass is 191 g/mol. The predicted octanol–water partition coefficient (Wildman–Crippen LogP) is 1.32. The maximum Gasteiger partial charge on any atom is 0.128 e. The van der Waals surface area contributed by atoms with Gasteiger partial charge in [0.2, 0.25) is 0 Å².